The summed E-state index contributed by atoms with van der Waals surface area (Å²) in [5.41, 5.74) is 0.116. The molecule has 150 valence electrons. The Morgan fingerprint density at radius 1 is 1.24 bits per heavy atom. The lowest BCUT2D eigenvalue weighted by Crippen LogP contribution is -2.54. The van der Waals surface area contributed by atoms with Crippen molar-refractivity contribution in [2.75, 3.05) is 11.5 Å². The summed E-state index contributed by atoms with van der Waals surface area (Å²) in [5, 5.41) is 12.2. The monoisotopic (exact) mass is 498 g/mol. The summed E-state index contributed by atoms with van der Waals surface area (Å²) in [6, 6.07) is 6.35. The van der Waals surface area contributed by atoms with Gasteiger partial charge in [-0.25, -0.2) is 9.69 Å². The maximum atomic E-state index is 13.0. The molecule has 1 fully saturated rings. The first-order valence-corrected chi connectivity index (χ1v) is 9.80. The summed E-state index contributed by atoms with van der Waals surface area (Å²) in [6.07, 6.45) is 1.28. The summed E-state index contributed by atoms with van der Waals surface area (Å²) in [4.78, 5) is 38.4. The number of carbonyl (C=O) groups is 3. The number of barbiturate groups is 1. The Morgan fingerprint density at radius 2 is 1.97 bits per heavy atom. The summed E-state index contributed by atoms with van der Waals surface area (Å²) < 4.78 is 5.74. The second kappa shape index (κ2) is 8.44. The molecule has 3 rings (SSSR count). The third kappa shape index (κ3) is 4.10. The molecule has 0 atom stereocenters. The largest absolute Gasteiger partial charge is 0.504 e. The molecule has 29 heavy (non-hydrogen) atoms. The first kappa shape index (κ1) is 21.2. The molecular formula is C19H13BrCl2N2O5. The number of halogens is 3. The summed E-state index contributed by atoms with van der Waals surface area (Å²) in [7, 11) is 0. The van der Waals surface area contributed by atoms with Crippen molar-refractivity contribution in [3.05, 3.63) is 56.0 Å². The Balaban J connectivity index is 2.09. The van der Waals surface area contributed by atoms with Crippen LogP contribution in [0.3, 0.4) is 0 Å². The molecule has 4 amide bonds. The fraction of sp³-hybridized carbons (Fsp3) is 0.105. The number of ether oxygens (including phenoxy) is 1. The van der Waals surface area contributed by atoms with E-state index in [0.29, 0.717) is 16.6 Å². The number of imide groups is 2. The maximum Gasteiger partial charge on any atom is 0.336 e. The molecule has 7 nitrogen and oxygen atoms in total. The van der Waals surface area contributed by atoms with Crippen LogP contribution in [0.1, 0.15) is 12.5 Å². The van der Waals surface area contributed by atoms with E-state index in [2.05, 4.69) is 21.2 Å². The van der Waals surface area contributed by atoms with Gasteiger partial charge in [0.15, 0.2) is 11.5 Å². The highest BCUT2D eigenvalue weighted by Gasteiger charge is 2.38. The highest BCUT2D eigenvalue weighted by Crippen LogP contribution is 2.36. The topological polar surface area (TPSA) is 95.9 Å². The summed E-state index contributed by atoms with van der Waals surface area (Å²) in [6.45, 7) is 2.05. The number of phenolic OH excluding ortho intramolecular Hbond substituents is 1. The zero-order valence-electron chi connectivity index (χ0n) is 14.8. The second-order valence-electron chi connectivity index (χ2n) is 5.81. The first-order chi connectivity index (χ1) is 13.7. The standard InChI is InChI=1S/C19H13BrCl2N2O5/c1-2-29-15-7-9(11(20)8-14(15)25)6-10-17(26)23-19(28)24(18(10)27)13-5-3-4-12(21)16(13)22/h3-8,25H,2H2,1H3,(H,23,26,28)/b10-6-. The predicted octanol–water partition coefficient (Wildman–Crippen LogP) is 4.53. The Labute approximate surface area is 184 Å². The van der Waals surface area contributed by atoms with Crippen LogP contribution in [0.4, 0.5) is 10.5 Å². The van der Waals surface area contributed by atoms with E-state index < -0.39 is 17.8 Å². The number of urea groups is 1. The normalized spacial score (nSPS) is 15.7. The van der Waals surface area contributed by atoms with Crippen LogP contribution < -0.4 is 15.0 Å². The zero-order valence-corrected chi connectivity index (χ0v) is 17.9. The third-order valence-electron chi connectivity index (χ3n) is 3.95. The highest BCUT2D eigenvalue weighted by molar-refractivity contribution is 9.10. The average molecular weight is 500 g/mol. The number of aromatic hydroxyl groups is 1. The van der Waals surface area contributed by atoms with Crippen molar-refractivity contribution in [2.24, 2.45) is 0 Å². The fourth-order valence-electron chi connectivity index (χ4n) is 2.64. The number of nitrogens with one attached hydrogen (secondary N) is 1. The molecule has 0 aliphatic carbocycles. The van der Waals surface area contributed by atoms with Crippen molar-refractivity contribution in [2.45, 2.75) is 6.92 Å². The fourth-order valence-corrected chi connectivity index (χ4v) is 3.46. The first-order valence-electron chi connectivity index (χ1n) is 8.25. The van der Waals surface area contributed by atoms with Gasteiger partial charge in [0.2, 0.25) is 0 Å². The number of phenols is 1. The average Bonchev–Trinajstić information content (AvgIpc) is 2.65. The number of anilines is 1. The lowest BCUT2D eigenvalue weighted by molar-refractivity contribution is -0.122. The van der Waals surface area contributed by atoms with Gasteiger partial charge in [0, 0.05) is 4.47 Å². The summed E-state index contributed by atoms with van der Waals surface area (Å²) in [5.74, 6) is -1.67. The molecule has 0 radical (unpaired) electrons. The quantitative estimate of drug-likeness (QED) is 0.476. The van der Waals surface area contributed by atoms with Gasteiger partial charge < -0.3 is 9.84 Å². The molecule has 1 heterocycles. The smallest absolute Gasteiger partial charge is 0.336 e. The zero-order chi connectivity index (χ0) is 21.3. The Morgan fingerprint density at radius 3 is 2.66 bits per heavy atom. The molecule has 0 saturated carbocycles. The van der Waals surface area contributed by atoms with Crippen LogP contribution in [-0.2, 0) is 9.59 Å². The number of carbonyl (C=O) groups excluding carboxylic acids is 3. The van der Waals surface area contributed by atoms with Crippen LogP contribution in [0.25, 0.3) is 6.08 Å². The molecule has 1 aliphatic heterocycles. The molecular weight excluding hydrogens is 487 g/mol. The van der Waals surface area contributed by atoms with Crippen molar-refractivity contribution >= 4 is 68.7 Å². The lowest BCUT2D eigenvalue weighted by Gasteiger charge is -2.27. The van der Waals surface area contributed by atoms with Crippen LogP contribution in [0.2, 0.25) is 10.0 Å². The van der Waals surface area contributed by atoms with E-state index in [1.54, 1.807) is 6.92 Å². The van der Waals surface area contributed by atoms with Crippen LogP contribution in [-0.4, -0.2) is 29.6 Å². The lowest BCUT2D eigenvalue weighted by atomic mass is 10.1. The van der Waals surface area contributed by atoms with Gasteiger partial charge >= 0.3 is 6.03 Å². The van der Waals surface area contributed by atoms with E-state index >= 15 is 0 Å². The van der Waals surface area contributed by atoms with Gasteiger partial charge in [-0.1, -0.05) is 45.2 Å². The minimum absolute atomic E-state index is 0.00388. The number of rotatable bonds is 4. The van der Waals surface area contributed by atoms with Crippen molar-refractivity contribution in [3.63, 3.8) is 0 Å². The molecule has 2 aromatic rings. The minimum Gasteiger partial charge on any atom is -0.504 e. The number of benzene rings is 2. The van der Waals surface area contributed by atoms with Gasteiger partial charge in [-0.05, 0) is 42.8 Å². The van der Waals surface area contributed by atoms with Gasteiger partial charge in [0.05, 0.1) is 22.3 Å². The molecule has 1 saturated heterocycles. The van der Waals surface area contributed by atoms with Crippen molar-refractivity contribution in [3.8, 4) is 11.5 Å². The van der Waals surface area contributed by atoms with E-state index in [-0.39, 0.29) is 32.8 Å². The number of nitrogens with zero attached hydrogens (tertiary/aromatic N) is 1. The van der Waals surface area contributed by atoms with Gasteiger partial charge in [-0.15, -0.1) is 0 Å². The van der Waals surface area contributed by atoms with E-state index in [0.717, 1.165) is 4.90 Å². The van der Waals surface area contributed by atoms with Crippen LogP contribution in [0.15, 0.2) is 40.4 Å². The molecule has 0 aromatic heterocycles. The molecule has 0 spiro atoms. The molecule has 0 bridgehead atoms. The van der Waals surface area contributed by atoms with E-state index in [9.17, 15) is 19.5 Å². The van der Waals surface area contributed by atoms with Crippen molar-refractivity contribution in [1.82, 2.24) is 5.32 Å². The van der Waals surface area contributed by atoms with Gasteiger partial charge in [0.25, 0.3) is 11.8 Å². The van der Waals surface area contributed by atoms with Crippen molar-refractivity contribution < 1.29 is 24.2 Å². The van der Waals surface area contributed by atoms with E-state index in [1.165, 1.54) is 36.4 Å². The molecule has 2 N–H and O–H groups in total. The van der Waals surface area contributed by atoms with E-state index in [1.807, 2.05) is 0 Å². The van der Waals surface area contributed by atoms with Crippen LogP contribution in [0.5, 0.6) is 11.5 Å². The maximum absolute atomic E-state index is 13.0. The summed E-state index contributed by atoms with van der Waals surface area (Å²) >= 11 is 15.4. The predicted molar refractivity (Wildman–Crippen MR) is 112 cm³/mol. The SMILES string of the molecule is CCOc1cc(/C=C2/C(=O)NC(=O)N(c3cccc(Cl)c3Cl)C2=O)c(Br)cc1O. The molecule has 2 aromatic carbocycles. The van der Waals surface area contributed by atoms with E-state index in [4.69, 9.17) is 27.9 Å². The number of hydrogen-bond donors (Lipinski definition) is 2. The van der Waals surface area contributed by atoms with Crippen LogP contribution in [0, 0.1) is 0 Å². The Bertz CT molecular complexity index is 1070. The Hall–Kier alpha value is -2.55. The minimum atomic E-state index is -0.943. The van der Waals surface area contributed by atoms with Crippen LogP contribution >= 0.6 is 39.1 Å². The van der Waals surface area contributed by atoms with Gasteiger partial charge in [-0.3, -0.25) is 14.9 Å². The molecule has 0 unspecified atom stereocenters. The number of hydrogen-bond acceptors (Lipinski definition) is 5. The van der Waals surface area contributed by atoms with Gasteiger partial charge in [0.1, 0.15) is 5.57 Å². The highest BCUT2D eigenvalue weighted by atomic mass is 79.9. The molecule has 10 heteroatoms. The van der Waals surface area contributed by atoms with Crippen molar-refractivity contribution in [1.29, 1.82) is 0 Å². The second-order valence-corrected chi connectivity index (χ2v) is 7.44. The number of amides is 4. The van der Waals surface area contributed by atoms with Gasteiger partial charge in [-0.2, -0.15) is 0 Å². The Kier molecular flexibility index (Phi) is 6.16. The third-order valence-corrected chi connectivity index (χ3v) is 5.45. The molecule has 1 aliphatic rings.